The number of fused-ring (bicyclic) bond motifs is 1. The van der Waals surface area contributed by atoms with Crippen LogP contribution in [0.3, 0.4) is 0 Å². The van der Waals surface area contributed by atoms with Crippen LogP contribution in [0.5, 0.6) is 0 Å². The molecular formula is C20H19BrFN3O. The molecular weight excluding hydrogens is 397 g/mol. The zero-order valence-electron chi connectivity index (χ0n) is 14.6. The molecule has 0 saturated heterocycles. The summed E-state index contributed by atoms with van der Waals surface area (Å²) in [6.45, 7) is 2.56. The van der Waals surface area contributed by atoms with Gasteiger partial charge < -0.3 is 5.32 Å². The number of aromatic nitrogens is 1. The molecule has 3 rings (SSSR count). The van der Waals surface area contributed by atoms with Gasteiger partial charge in [-0.1, -0.05) is 22.0 Å². The van der Waals surface area contributed by atoms with E-state index >= 15 is 0 Å². The monoisotopic (exact) mass is 415 g/mol. The first-order valence-corrected chi connectivity index (χ1v) is 8.99. The third kappa shape index (κ3) is 4.45. The number of hydrogen-bond acceptors (Lipinski definition) is 3. The molecule has 6 heteroatoms. The van der Waals surface area contributed by atoms with Gasteiger partial charge >= 0.3 is 0 Å². The molecule has 0 atom stereocenters. The number of pyridine rings is 1. The van der Waals surface area contributed by atoms with Crippen molar-refractivity contribution < 1.29 is 9.18 Å². The van der Waals surface area contributed by atoms with Crippen molar-refractivity contribution in [3.8, 4) is 0 Å². The van der Waals surface area contributed by atoms with Crippen LogP contribution in [0.4, 0.5) is 10.1 Å². The molecule has 1 N–H and O–H groups in total. The van der Waals surface area contributed by atoms with E-state index in [2.05, 4.69) is 26.2 Å². The van der Waals surface area contributed by atoms with Crippen LogP contribution in [-0.4, -0.2) is 29.4 Å². The van der Waals surface area contributed by atoms with Crippen LogP contribution in [0.2, 0.25) is 0 Å². The number of amides is 1. The van der Waals surface area contributed by atoms with E-state index in [1.807, 2.05) is 43.1 Å². The van der Waals surface area contributed by atoms with Gasteiger partial charge in [-0.15, -0.1) is 0 Å². The summed E-state index contributed by atoms with van der Waals surface area (Å²) in [5.74, 6) is -0.421. The molecule has 0 unspecified atom stereocenters. The Kier molecular flexibility index (Phi) is 5.64. The van der Waals surface area contributed by atoms with E-state index in [1.54, 1.807) is 12.3 Å². The topological polar surface area (TPSA) is 45.2 Å². The highest BCUT2D eigenvalue weighted by Gasteiger charge is 2.12. The van der Waals surface area contributed by atoms with Gasteiger partial charge in [0, 0.05) is 28.3 Å². The number of hydrogen-bond donors (Lipinski definition) is 1. The van der Waals surface area contributed by atoms with Crippen LogP contribution in [0, 0.1) is 12.7 Å². The van der Waals surface area contributed by atoms with E-state index in [-0.39, 0.29) is 18.3 Å². The van der Waals surface area contributed by atoms with Gasteiger partial charge in [0.25, 0.3) is 0 Å². The van der Waals surface area contributed by atoms with Crippen LogP contribution in [-0.2, 0) is 11.3 Å². The molecule has 0 aliphatic carbocycles. The molecule has 1 amide bonds. The summed E-state index contributed by atoms with van der Waals surface area (Å²) in [5.41, 5.74) is 3.28. The standard InChI is InChI=1S/C20H19BrFN3O/c1-13-8-16(21)5-6-18(13)24-19(26)12-25(2)11-15-10-17(22)9-14-4-3-7-23-20(14)15/h3-10H,11-12H2,1-2H3,(H,24,26). The maximum Gasteiger partial charge on any atom is 0.238 e. The SMILES string of the molecule is Cc1cc(Br)ccc1NC(=O)CN(C)Cc1cc(F)cc2cccnc12. The minimum absolute atomic E-state index is 0.119. The molecule has 0 bridgehead atoms. The first-order chi connectivity index (χ1) is 12.4. The van der Waals surface area contributed by atoms with E-state index in [1.165, 1.54) is 12.1 Å². The lowest BCUT2D eigenvalue weighted by atomic mass is 10.1. The van der Waals surface area contributed by atoms with Crippen molar-refractivity contribution in [3.05, 3.63) is 70.1 Å². The molecule has 1 aromatic heterocycles. The highest BCUT2D eigenvalue weighted by Crippen LogP contribution is 2.21. The van der Waals surface area contributed by atoms with E-state index < -0.39 is 0 Å². The summed E-state index contributed by atoms with van der Waals surface area (Å²) >= 11 is 3.41. The van der Waals surface area contributed by atoms with Gasteiger partial charge in [0.05, 0.1) is 12.1 Å². The van der Waals surface area contributed by atoms with Crippen LogP contribution >= 0.6 is 15.9 Å². The van der Waals surface area contributed by atoms with E-state index in [0.717, 1.165) is 32.2 Å². The first kappa shape index (κ1) is 18.5. The normalized spacial score (nSPS) is 11.1. The van der Waals surface area contributed by atoms with Gasteiger partial charge in [-0.25, -0.2) is 4.39 Å². The maximum atomic E-state index is 13.8. The Morgan fingerprint density at radius 3 is 2.85 bits per heavy atom. The van der Waals surface area contributed by atoms with Gasteiger partial charge in [0.2, 0.25) is 5.91 Å². The Labute approximate surface area is 160 Å². The van der Waals surface area contributed by atoms with Crippen LogP contribution in [0.15, 0.2) is 53.1 Å². The highest BCUT2D eigenvalue weighted by atomic mass is 79.9. The number of likely N-dealkylation sites (N-methyl/N-ethyl adjacent to an activating group) is 1. The van der Waals surface area contributed by atoms with Crippen molar-refractivity contribution >= 4 is 38.4 Å². The number of benzene rings is 2. The lowest BCUT2D eigenvalue weighted by Gasteiger charge is -2.18. The van der Waals surface area contributed by atoms with Crippen molar-refractivity contribution in [1.82, 2.24) is 9.88 Å². The second kappa shape index (κ2) is 7.93. The average Bonchev–Trinajstić information content (AvgIpc) is 2.57. The second-order valence-corrected chi connectivity index (χ2v) is 7.24. The lowest BCUT2D eigenvalue weighted by Crippen LogP contribution is -2.30. The van der Waals surface area contributed by atoms with Gasteiger partial charge in [-0.2, -0.15) is 0 Å². The van der Waals surface area contributed by atoms with Gasteiger partial charge in [-0.3, -0.25) is 14.7 Å². The van der Waals surface area contributed by atoms with Crippen LogP contribution in [0.25, 0.3) is 10.9 Å². The number of nitrogens with zero attached hydrogens (tertiary/aromatic N) is 2. The smallest absolute Gasteiger partial charge is 0.238 e. The summed E-state index contributed by atoms with van der Waals surface area (Å²) in [6.07, 6.45) is 1.69. The Hall–Kier alpha value is -2.31. The molecule has 2 aromatic carbocycles. The fourth-order valence-corrected chi connectivity index (χ4v) is 3.37. The molecule has 0 spiro atoms. The zero-order valence-corrected chi connectivity index (χ0v) is 16.2. The van der Waals surface area contributed by atoms with Crippen molar-refractivity contribution in [3.63, 3.8) is 0 Å². The quantitative estimate of drug-likeness (QED) is 0.666. The maximum absolute atomic E-state index is 13.8. The van der Waals surface area contributed by atoms with E-state index in [4.69, 9.17) is 0 Å². The predicted octanol–water partition coefficient (Wildman–Crippen LogP) is 4.52. The molecule has 0 radical (unpaired) electrons. The minimum Gasteiger partial charge on any atom is -0.325 e. The fourth-order valence-electron chi connectivity index (χ4n) is 2.90. The molecule has 3 aromatic rings. The van der Waals surface area contributed by atoms with Crippen molar-refractivity contribution in [2.45, 2.75) is 13.5 Å². The number of halogens is 2. The molecule has 0 saturated carbocycles. The molecule has 134 valence electrons. The molecule has 1 heterocycles. The Balaban J connectivity index is 1.69. The van der Waals surface area contributed by atoms with E-state index in [9.17, 15) is 9.18 Å². The van der Waals surface area contributed by atoms with Gasteiger partial charge in [0.15, 0.2) is 0 Å². The molecule has 0 aliphatic heterocycles. The van der Waals surface area contributed by atoms with E-state index in [0.29, 0.717) is 6.54 Å². The lowest BCUT2D eigenvalue weighted by molar-refractivity contribution is -0.117. The van der Waals surface area contributed by atoms with Crippen molar-refractivity contribution in [1.29, 1.82) is 0 Å². The van der Waals surface area contributed by atoms with Gasteiger partial charge in [-0.05, 0) is 61.5 Å². The summed E-state index contributed by atoms with van der Waals surface area (Å²) in [6, 6.07) is 12.3. The third-order valence-corrected chi connectivity index (χ3v) is 4.56. The summed E-state index contributed by atoms with van der Waals surface area (Å²) < 4.78 is 14.8. The number of carbonyl (C=O) groups is 1. The molecule has 26 heavy (non-hydrogen) atoms. The molecule has 0 aliphatic rings. The summed E-state index contributed by atoms with van der Waals surface area (Å²) in [7, 11) is 1.83. The fraction of sp³-hybridized carbons (Fsp3) is 0.200. The van der Waals surface area contributed by atoms with Crippen LogP contribution in [0.1, 0.15) is 11.1 Å². The Bertz CT molecular complexity index is 961. The minimum atomic E-state index is -0.302. The Morgan fingerprint density at radius 1 is 1.27 bits per heavy atom. The second-order valence-electron chi connectivity index (χ2n) is 6.32. The number of nitrogens with one attached hydrogen (secondary N) is 1. The number of carbonyl (C=O) groups excluding carboxylic acids is 1. The summed E-state index contributed by atoms with van der Waals surface area (Å²) in [4.78, 5) is 18.5. The third-order valence-electron chi connectivity index (χ3n) is 4.06. The predicted molar refractivity (Wildman–Crippen MR) is 106 cm³/mol. The average molecular weight is 416 g/mol. The van der Waals surface area contributed by atoms with Gasteiger partial charge in [0.1, 0.15) is 5.82 Å². The first-order valence-electron chi connectivity index (χ1n) is 8.20. The summed E-state index contributed by atoms with van der Waals surface area (Å²) in [5, 5.41) is 3.67. The number of aryl methyl sites for hydroxylation is 1. The van der Waals surface area contributed by atoms with Crippen molar-refractivity contribution in [2.24, 2.45) is 0 Å². The van der Waals surface area contributed by atoms with Crippen molar-refractivity contribution in [2.75, 3.05) is 18.9 Å². The molecule has 4 nitrogen and oxygen atoms in total. The largest absolute Gasteiger partial charge is 0.325 e. The molecule has 0 fully saturated rings. The highest BCUT2D eigenvalue weighted by molar-refractivity contribution is 9.10. The number of anilines is 1. The zero-order chi connectivity index (χ0) is 18.7. The Morgan fingerprint density at radius 2 is 2.08 bits per heavy atom. The number of rotatable bonds is 5. The van der Waals surface area contributed by atoms with Crippen LogP contribution < -0.4 is 5.32 Å².